The van der Waals surface area contributed by atoms with Gasteiger partial charge in [-0.3, -0.25) is 4.90 Å². The van der Waals surface area contributed by atoms with Crippen molar-refractivity contribution in [3.63, 3.8) is 0 Å². The highest BCUT2D eigenvalue weighted by Gasteiger charge is 2.10. The number of nitrogens with zero attached hydrogens (tertiary/aromatic N) is 2. The molecule has 4 nitrogen and oxygen atoms in total. The molecule has 2 aromatic rings. The molecule has 0 unspecified atom stereocenters. The average molecular weight is 264 g/mol. The Morgan fingerprint density at radius 1 is 1.56 bits per heavy atom. The molecule has 0 bridgehead atoms. The number of aromatic nitrogens is 1. The number of hydrogen-bond acceptors (Lipinski definition) is 5. The summed E-state index contributed by atoms with van der Waals surface area (Å²) in [6.45, 7) is 5.82. The van der Waals surface area contributed by atoms with Gasteiger partial charge in [-0.05, 0) is 11.4 Å². The monoisotopic (exact) mass is 264 g/mol. The summed E-state index contributed by atoms with van der Waals surface area (Å²) in [5.41, 5.74) is 0.869. The number of aliphatic hydroxyl groups excluding tert-OH is 1. The lowest BCUT2D eigenvalue weighted by Gasteiger charge is -2.17. The van der Waals surface area contributed by atoms with E-state index in [0.29, 0.717) is 13.1 Å². The maximum atomic E-state index is 8.98. The van der Waals surface area contributed by atoms with Crippen LogP contribution < -0.4 is 0 Å². The molecule has 0 spiro atoms. The van der Waals surface area contributed by atoms with E-state index in [0.717, 1.165) is 22.9 Å². The van der Waals surface area contributed by atoms with E-state index in [4.69, 9.17) is 9.63 Å². The number of hydrogen-bond donors (Lipinski definition) is 1. The summed E-state index contributed by atoms with van der Waals surface area (Å²) in [5.74, 6) is 0.794. The maximum Gasteiger partial charge on any atom is 0.177 e. The van der Waals surface area contributed by atoms with E-state index >= 15 is 0 Å². The Hall–Kier alpha value is -1.43. The molecule has 0 saturated heterocycles. The molecule has 0 atom stereocenters. The quantitative estimate of drug-likeness (QED) is 0.780. The molecular weight excluding hydrogens is 248 g/mol. The van der Waals surface area contributed by atoms with Crippen molar-refractivity contribution >= 4 is 11.3 Å². The minimum absolute atomic E-state index is 0.128. The molecule has 1 N–H and O–H groups in total. The molecular formula is C13H16N2O2S. The van der Waals surface area contributed by atoms with Gasteiger partial charge in [0.05, 0.1) is 17.2 Å². The van der Waals surface area contributed by atoms with Crippen LogP contribution in [0.1, 0.15) is 5.69 Å². The van der Waals surface area contributed by atoms with Crippen LogP contribution in [0.5, 0.6) is 0 Å². The molecule has 0 aliphatic rings. The summed E-state index contributed by atoms with van der Waals surface area (Å²) in [6.07, 6.45) is 1.82. The van der Waals surface area contributed by atoms with Crippen molar-refractivity contribution in [3.05, 3.63) is 41.9 Å². The Balaban J connectivity index is 2.03. The van der Waals surface area contributed by atoms with E-state index in [9.17, 15) is 0 Å². The van der Waals surface area contributed by atoms with Crippen LogP contribution in [0.4, 0.5) is 0 Å². The minimum atomic E-state index is 0.128. The smallest absolute Gasteiger partial charge is 0.177 e. The Bertz CT molecular complexity index is 479. The van der Waals surface area contributed by atoms with Gasteiger partial charge >= 0.3 is 0 Å². The standard InChI is InChI=1S/C13H16N2O2S/c1-2-5-15(6-7-16)10-11-9-12(17-14-11)13-4-3-8-18-13/h2-4,8-9,16H,1,5-7,10H2. The van der Waals surface area contributed by atoms with Gasteiger partial charge in [0.2, 0.25) is 0 Å². The second-order valence-corrected chi connectivity index (χ2v) is 4.85. The van der Waals surface area contributed by atoms with Crippen LogP contribution in [0, 0.1) is 0 Å². The van der Waals surface area contributed by atoms with Crippen molar-refractivity contribution in [1.29, 1.82) is 0 Å². The number of thiophene rings is 1. The first kappa shape index (κ1) is 13.0. The van der Waals surface area contributed by atoms with E-state index in [2.05, 4.69) is 16.6 Å². The van der Waals surface area contributed by atoms with Gasteiger partial charge in [-0.2, -0.15) is 0 Å². The SMILES string of the molecule is C=CCN(CCO)Cc1cc(-c2cccs2)on1. The Kier molecular flexibility index (Phi) is 4.69. The van der Waals surface area contributed by atoms with Crippen molar-refractivity contribution < 1.29 is 9.63 Å². The molecule has 0 aromatic carbocycles. The zero-order chi connectivity index (χ0) is 12.8. The van der Waals surface area contributed by atoms with Crippen molar-refractivity contribution in [3.8, 4) is 10.6 Å². The van der Waals surface area contributed by atoms with Crippen molar-refractivity contribution in [1.82, 2.24) is 10.1 Å². The second kappa shape index (κ2) is 6.49. The Labute approximate surface area is 110 Å². The third-order valence-corrected chi connectivity index (χ3v) is 3.40. The topological polar surface area (TPSA) is 49.5 Å². The molecule has 0 aliphatic carbocycles. The molecule has 0 amide bonds. The lowest BCUT2D eigenvalue weighted by Crippen LogP contribution is -2.26. The first-order valence-electron chi connectivity index (χ1n) is 5.77. The van der Waals surface area contributed by atoms with E-state index < -0.39 is 0 Å². The summed E-state index contributed by atoms with van der Waals surface area (Å²) in [5, 5.41) is 15.0. The molecule has 96 valence electrons. The summed E-state index contributed by atoms with van der Waals surface area (Å²) >= 11 is 1.63. The van der Waals surface area contributed by atoms with Crippen LogP contribution in [-0.2, 0) is 6.54 Å². The van der Waals surface area contributed by atoms with Gasteiger partial charge in [-0.1, -0.05) is 17.3 Å². The summed E-state index contributed by atoms with van der Waals surface area (Å²) in [4.78, 5) is 3.13. The van der Waals surface area contributed by atoms with E-state index in [1.165, 1.54) is 0 Å². The predicted octanol–water partition coefficient (Wildman–Crippen LogP) is 2.38. The van der Waals surface area contributed by atoms with Gasteiger partial charge in [0.1, 0.15) is 0 Å². The first-order chi connectivity index (χ1) is 8.83. The van der Waals surface area contributed by atoms with Crippen LogP contribution in [-0.4, -0.2) is 34.9 Å². The molecule has 0 fully saturated rings. The van der Waals surface area contributed by atoms with E-state index in [-0.39, 0.29) is 6.61 Å². The van der Waals surface area contributed by atoms with Crippen LogP contribution in [0.15, 0.2) is 40.8 Å². The number of rotatable bonds is 7. The normalized spacial score (nSPS) is 11.0. The number of aliphatic hydroxyl groups is 1. The summed E-state index contributed by atoms with van der Waals surface area (Å²) in [6, 6.07) is 5.93. The third-order valence-electron chi connectivity index (χ3n) is 2.51. The highest BCUT2D eigenvalue weighted by Crippen LogP contribution is 2.25. The third kappa shape index (κ3) is 3.29. The molecule has 2 heterocycles. The fourth-order valence-corrected chi connectivity index (χ4v) is 2.38. The highest BCUT2D eigenvalue weighted by atomic mass is 32.1. The first-order valence-corrected chi connectivity index (χ1v) is 6.65. The van der Waals surface area contributed by atoms with Crippen LogP contribution in [0.2, 0.25) is 0 Å². The van der Waals surface area contributed by atoms with Crippen LogP contribution >= 0.6 is 11.3 Å². The van der Waals surface area contributed by atoms with E-state index in [1.807, 2.05) is 29.7 Å². The fourth-order valence-electron chi connectivity index (χ4n) is 1.71. The molecule has 0 aliphatic heterocycles. The zero-order valence-electron chi connectivity index (χ0n) is 10.1. The van der Waals surface area contributed by atoms with Gasteiger partial charge in [0, 0.05) is 25.7 Å². The molecule has 2 aromatic heterocycles. The summed E-state index contributed by atoms with van der Waals surface area (Å²) in [7, 11) is 0. The molecule has 0 saturated carbocycles. The Morgan fingerprint density at radius 3 is 3.11 bits per heavy atom. The largest absolute Gasteiger partial charge is 0.395 e. The lowest BCUT2D eigenvalue weighted by atomic mass is 10.3. The molecule has 2 rings (SSSR count). The minimum Gasteiger partial charge on any atom is -0.395 e. The summed E-state index contributed by atoms with van der Waals surface area (Å²) < 4.78 is 5.31. The lowest BCUT2D eigenvalue weighted by molar-refractivity contribution is 0.200. The molecule has 5 heteroatoms. The van der Waals surface area contributed by atoms with Gasteiger partial charge in [0.25, 0.3) is 0 Å². The maximum absolute atomic E-state index is 8.98. The predicted molar refractivity (Wildman–Crippen MR) is 72.4 cm³/mol. The van der Waals surface area contributed by atoms with E-state index in [1.54, 1.807) is 11.3 Å². The van der Waals surface area contributed by atoms with Gasteiger partial charge < -0.3 is 9.63 Å². The average Bonchev–Trinajstić information content (AvgIpc) is 2.98. The van der Waals surface area contributed by atoms with Gasteiger partial charge in [0.15, 0.2) is 5.76 Å². The van der Waals surface area contributed by atoms with Crippen molar-refractivity contribution in [2.24, 2.45) is 0 Å². The van der Waals surface area contributed by atoms with Crippen LogP contribution in [0.3, 0.4) is 0 Å². The van der Waals surface area contributed by atoms with Gasteiger partial charge in [-0.15, -0.1) is 17.9 Å². The fraction of sp³-hybridized carbons (Fsp3) is 0.308. The zero-order valence-corrected chi connectivity index (χ0v) is 10.9. The van der Waals surface area contributed by atoms with Crippen LogP contribution in [0.25, 0.3) is 10.6 Å². The van der Waals surface area contributed by atoms with Gasteiger partial charge in [-0.25, -0.2) is 0 Å². The second-order valence-electron chi connectivity index (χ2n) is 3.91. The highest BCUT2D eigenvalue weighted by molar-refractivity contribution is 7.13. The molecule has 0 radical (unpaired) electrons. The van der Waals surface area contributed by atoms with Crippen molar-refractivity contribution in [2.45, 2.75) is 6.54 Å². The van der Waals surface area contributed by atoms with Crippen molar-refractivity contribution in [2.75, 3.05) is 19.7 Å². The molecule has 18 heavy (non-hydrogen) atoms. The Morgan fingerprint density at radius 2 is 2.44 bits per heavy atom.